The van der Waals surface area contributed by atoms with Gasteiger partial charge in [0.2, 0.25) is 11.8 Å². The average molecular weight is 330 g/mol. The van der Waals surface area contributed by atoms with E-state index in [1.54, 1.807) is 7.11 Å². The fourth-order valence-electron chi connectivity index (χ4n) is 3.51. The van der Waals surface area contributed by atoms with Crippen LogP contribution in [0.25, 0.3) is 0 Å². The molecule has 1 saturated heterocycles. The van der Waals surface area contributed by atoms with Gasteiger partial charge in [0.1, 0.15) is 5.75 Å². The molecule has 0 aromatic heterocycles. The first-order valence-electron chi connectivity index (χ1n) is 8.70. The first-order valence-corrected chi connectivity index (χ1v) is 8.70. The molecule has 1 aromatic carbocycles. The van der Waals surface area contributed by atoms with E-state index in [-0.39, 0.29) is 17.7 Å². The van der Waals surface area contributed by atoms with Crippen molar-refractivity contribution in [3.63, 3.8) is 0 Å². The lowest BCUT2D eigenvalue weighted by Gasteiger charge is -2.35. The van der Waals surface area contributed by atoms with Crippen LogP contribution in [0.3, 0.4) is 0 Å². The third-order valence-electron chi connectivity index (χ3n) is 4.91. The highest BCUT2D eigenvalue weighted by atomic mass is 16.5. The number of carbonyl (C=O) groups is 2. The molecule has 1 aromatic rings. The number of hydrogen-bond acceptors (Lipinski definition) is 3. The van der Waals surface area contributed by atoms with Crippen LogP contribution in [0.2, 0.25) is 0 Å². The molecule has 0 N–H and O–H groups in total. The number of methoxy groups -OCH3 is 1. The zero-order valence-electron chi connectivity index (χ0n) is 14.8. The van der Waals surface area contributed by atoms with Crippen LogP contribution >= 0.6 is 0 Å². The number of aryl methyl sites for hydroxylation is 2. The summed E-state index contributed by atoms with van der Waals surface area (Å²) in [5.74, 6) is 1.44. The topological polar surface area (TPSA) is 49.9 Å². The summed E-state index contributed by atoms with van der Waals surface area (Å²) < 4.78 is 5.48. The molecule has 0 radical (unpaired) electrons. The van der Waals surface area contributed by atoms with Gasteiger partial charge in [0.25, 0.3) is 0 Å². The number of amides is 2. The number of ether oxygens (including phenoxy) is 1. The predicted octanol–water partition coefficient (Wildman–Crippen LogP) is 1.94. The van der Waals surface area contributed by atoms with Crippen LogP contribution in [0, 0.1) is 19.8 Å². The molecule has 2 fully saturated rings. The number of rotatable bonds is 4. The van der Waals surface area contributed by atoms with Crippen LogP contribution in [0.15, 0.2) is 12.1 Å². The Labute approximate surface area is 143 Å². The second-order valence-electron chi connectivity index (χ2n) is 6.93. The Balaban J connectivity index is 1.61. The second-order valence-corrected chi connectivity index (χ2v) is 6.93. The maximum Gasteiger partial charge on any atom is 0.227 e. The monoisotopic (exact) mass is 330 g/mol. The zero-order valence-corrected chi connectivity index (χ0v) is 14.8. The highest BCUT2D eigenvalue weighted by Gasteiger charge is 2.35. The van der Waals surface area contributed by atoms with Gasteiger partial charge in [-0.25, -0.2) is 0 Å². The Kier molecular flexibility index (Phi) is 4.78. The van der Waals surface area contributed by atoms with Gasteiger partial charge >= 0.3 is 0 Å². The molecule has 1 saturated carbocycles. The van der Waals surface area contributed by atoms with E-state index in [1.165, 1.54) is 0 Å². The molecule has 0 unspecified atom stereocenters. The van der Waals surface area contributed by atoms with Crippen molar-refractivity contribution >= 4 is 11.8 Å². The van der Waals surface area contributed by atoms with Gasteiger partial charge in [0.05, 0.1) is 13.5 Å². The lowest BCUT2D eigenvalue weighted by atomic mass is 10.0. The number of hydrogen-bond donors (Lipinski definition) is 0. The normalized spacial score (nSPS) is 17.8. The molecule has 2 aliphatic rings. The van der Waals surface area contributed by atoms with Crippen molar-refractivity contribution in [3.05, 3.63) is 28.8 Å². The van der Waals surface area contributed by atoms with Crippen LogP contribution in [0.5, 0.6) is 5.75 Å². The minimum Gasteiger partial charge on any atom is -0.496 e. The van der Waals surface area contributed by atoms with Crippen LogP contribution in [-0.4, -0.2) is 54.9 Å². The minimum atomic E-state index is 0.108. The fourth-order valence-corrected chi connectivity index (χ4v) is 3.51. The van der Waals surface area contributed by atoms with Crippen molar-refractivity contribution in [3.8, 4) is 5.75 Å². The van der Waals surface area contributed by atoms with Gasteiger partial charge in [-0.2, -0.15) is 0 Å². The lowest BCUT2D eigenvalue weighted by molar-refractivity contribution is -0.140. The van der Waals surface area contributed by atoms with Crippen molar-refractivity contribution in [2.24, 2.45) is 5.92 Å². The smallest absolute Gasteiger partial charge is 0.227 e. The standard InChI is InChI=1S/C19H26N2O3/c1-13-10-14(2)18(24-3)16(11-13)12-17(22)20-6-8-21(9-7-20)19(23)15-4-5-15/h10-11,15H,4-9,12H2,1-3H3. The van der Waals surface area contributed by atoms with E-state index in [1.807, 2.05) is 29.7 Å². The van der Waals surface area contributed by atoms with E-state index in [0.717, 1.165) is 35.3 Å². The van der Waals surface area contributed by atoms with Crippen molar-refractivity contribution in [2.75, 3.05) is 33.3 Å². The summed E-state index contributed by atoms with van der Waals surface area (Å²) in [6, 6.07) is 4.09. The Morgan fingerprint density at radius 2 is 1.71 bits per heavy atom. The highest BCUT2D eigenvalue weighted by molar-refractivity contribution is 5.82. The number of nitrogens with zero attached hydrogens (tertiary/aromatic N) is 2. The fraction of sp³-hybridized carbons (Fsp3) is 0.579. The van der Waals surface area contributed by atoms with E-state index in [2.05, 4.69) is 6.07 Å². The van der Waals surface area contributed by atoms with Gasteiger partial charge in [-0.05, 0) is 32.3 Å². The second kappa shape index (κ2) is 6.83. The molecule has 1 heterocycles. The summed E-state index contributed by atoms with van der Waals surface area (Å²) in [5.41, 5.74) is 3.13. The molecule has 0 spiro atoms. The van der Waals surface area contributed by atoms with E-state index in [0.29, 0.717) is 32.6 Å². The first-order chi connectivity index (χ1) is 11.5. The zero-order chi connectivity index (χ0) is 17.3. The summed E-state index contributed by atoms with van der Waals surface area (Å²) in [4.78, 5) is 28.5. The SMILES string of the molecule is COc1c(C)cc(C)cc1CC(=O)N1CCN(C(=O)C2CC2)CC1. The van der Waals surface area contributed by atoms with Crippen molar-refractivity contribution in [1.29, 1.82) is 0 Å². The molecule has 2 amide bonds. The molecule has 5 heteroatoms. The van der Waals surface area contributed by atoms with Crippen LogP contribution < -0.4 is 4.74 Å². The van der Waals surface area contributed by atoms with E-state index >= 15 is 0 Å². The van der Waals surface area contributed by atoms with E-state index < -0.39 is 0 Å². The van der Waals surface area contributed by atoms with Crippen LogP contribution in [0.4, 0.5) is 0 Å². The summed E-state index contributed by atoms with van der Waals surface area (Å²) in [5, 5.41) is 0. The largest absolute Gasteiger partial charge is 0.496 e. The summed E-state index contributed by atoms with van der Waals surface area (Å²) >= 11 is 0. The maximum absolute atomic E-state index is 12.6. The molecule has 24 heavy (non-hydrogen) atoms. The minimum absolute atomic E-state index is 0.108. The molecule has 1 aliphatic heterocycles. The molecule has 5 nitrogen and oxygen atoms in total. The molecular weight excluding hydrogens is 304 g/mol. The van der Waals surface area contributed by atoms with Gasteiger partial charge in [0.15, 0.2) is 0 Å². The Morgan fingerprint density at radius 1 is 1.08 bits per heavy atom. The van der Waals surface area contributed by atoms with E-state index in [4.69, 9.17) is 4.74 Å². The first kappa shape index (κ1) is 16.8. The Morgan fingerprint density at radius 3 is 2.29 bits per heavy atom. The third kappa shape index (κ3) is 3.55. The van der Waals surface area contributed by atoms with Gasteiger partial charge < -0.3 is 14.5 Å². The van der Waals surface area contributed by atoms with E-state index in [9.17, 15) is 9.59 Å². The molecule has 0 bridgehead atoms. The maximum atomic E-state index is 12.6. The highest BCUT2D eigenvalue weighted by Crippen LogP contribution is 2.31. The molecule has 0 atom stereocenters. The van der Waals surface area contributed by atoms with Gasteiger partial charge in [0, 0.05) is 37.7 Å². The Hall–Kier alpha value is -2.04. The summed E-state index contributed by atoms with van der Waals surface area (Å²) in [7, 11) is 1.65. The summed E-state index contributed by atoms with van der Waals surface area (Å²) in [6.45, 7) is 6.61. The quantitative estimate of drug-likeness (QED) is 0.848. The van der Waals surface area contributed by atoms with Crippen molar-refractivity contribution in [1.82, 2.24) is 9.80 Å². The number of piperazine rings is 1. The molecule has 3 rings (SSSR count). The van der Waals surface area contributed by atoms with Gasteiger partial charge in [-0.3, -0.25) is 9.59 Å². The molecule has 130 valence electrons. The predicted molar refractivity (Wildman–Crippen MR) is 92.1 cm³/mol. The third-order valence-corrected chi connectivity index (χ3v) is 4.91. The van der Waals surface area contributed by atoms with Crippen molar-refractivity contribution in [2.45, 2.75) is 33.1 Å². The molecular formula is C19H26N2O3. The van der Waals surface area contributed by atoms with Crippen LogP contribution in [-0.2, 0) is 16.0 Å². The van der Waals surface area contributed by atoms with Gasteiger partial charge in [-0.15, -0.1) is 0 Å². The lowest BCUT2D eigenvalue weighted by Crippen LogP contribution is -2.51. The number of carbonyl (C=O) groups excluding carboxylic acids is 2. The Bertz CT molecular complexity index is 644. The summed E-state index contributed by atoms with van der Waals surface area (Å²) in [6.07, 6.45) is 2.41. The molecule has 1 aliphatic carbocycles. The average Bonchev–Trinajstić information content (AvgIpc) is 3.39. The number of benzene rings is 1. The van der Waals surface area contributed by atoms with Crippen molar-refractivity contribution < 1.29 is 14.3 Å². The van der Waals surface area contributed by atoms with Gasteiger partial charge in [-0.1, -0.05) is 17.7 Å². The van der Waals surface area contributed by atoms with Crippen LogP contribution in [0.1, 0.15) is 29.5 Å².